The zero-order valence-corrected chi connectivity index (χ0v) is 34.7. The fraction of sp³-hybridized carbons (Fsp3) is 0.717. The molecule has 5 aliphatic rings. The maximum absolute atomic E-state index is 14.7. The molecule has 1 aromatic rings. The van der Waals surface area contributed by atoms with Crippen LogP contribution in [-0.2, 0) is 34.2 Å². The summed E-state index contributed by atoms with van der Waals surface area (Å²) in [5.74, 6) is -1.83. The van der Waals surface area contributed by atoms with Crippen molar-refractivity contribution in [1.29, 1.82) is 0 Å². The molecule has 1 aromatic carbocycles. The van der Waals surface area contributed by atoms with E-state index in [1.807, 2.05) is 44.2 Å². The average molecular weight is 744 g/mol. The van der Waals surface area contributed by atoms with E-state index in [4.69, 9.17) is 4.74 Å². The third-order valence-corrected chi connectivity index (χ3v) is 16.4. The third-order valence-electron chi connectivity index (χ3n) is 16.4. The molecule has 0 radical (unpaired) electrons. The van der Waals surface area contributed by atoms with Crippen molar-refractivity contribution in [1.82, 2.24) is 5.32 Å². The van der Waals surface area contributed by atoms with E-state index in [0.29, 0.717) is 18.3 Å². The summed E-state index contributed by atoms with van der Waals surface area (Å²) in [4.78, 5) is 67.8. The van der Waals surface area contributed by atoms with Crippen molar-refractivity contribution in [2.24, 2.45) is 56.2 Å². The van der Waals surface area contributed by atoms with Crippen LogP contribution in [0.2, 0.25) is 0 Å². The molecule has 0 spiro atoms. The fourth-order valence-corrected chi connectivity index (χ4v) is 13.2. The smallest absolute Gasteiger partial charge is 0.309 e. The summed E-state index contributed by atoms with van der Waals surface area (Å²) >= 11 is 0. The van der Waals surface area contributed by atoms with Gasteiger partial charge >= 0.3 is 11.9 Å². The van der Waals surface area contributed by atoms with Gasteiger partial charge in [0.2, 0.25) is 5.78 Å². The first-order valence-electron chi connectivity index (χ1n) is 20.5. The van der Waals surface area contributed by atoms with Crippen molar-refractivity contribution in [3.63, 3.8) is 0 Å². The molecule has 0 aliphatic heterocycles. The van der Waals surface area contributed by atoms with Gasteiger partial charge in [0.05, 0.1) is 22.8 Å². The Morgan fingerprint density at radius 2 is 1.50 bits per heavy atom. The second-order valence-electron chi connectivity index (χ2n) is 20.8. The van der Waals surface area contributed by atoms with Crippen LogP contribution in [0, 0.1) is 56.2 Å². The number of carbonyl (C=O) groups excluding carboxylic acids is 4. The minimum atomic E-state index is -1.19. The lowest BCUT2D eigenvalue weighted by atomic mass is 9.33. The molecule has 2 N–H and O–H groups in total. The minimum absolute atomic E-state index is 0.0122. The Kier molecular flexibility index (Phi) is 9.83. The molecule has 0 bridgehead atoms. The second-order valence-corrected chi connectivity index (χ2v) is 20.8. The zero-order chi connectivity index (χ0) is 40.0. The number of carbonyl (C=O) groups is 5. The van der Waals surface area contributed by atoms with Crippen LogP contribution in [0.25, 0.3) is 0 Å². The van der Waals surface area contributed by atoms with Crippen LogP contribution in [0.15, 0.2) is 41.5 Å². The number of carboxylic acids is 1. The molecule has 0 saturated heterocycles. The number of Topliss-reactive ketones (excluding diaryl/α,β-unsaturated/α-hetero) is 2. The number of esters is 1. The molecule has 5 aliphatic carbocycles. The molecule has 0 aromatic heterocycles. The number of aliphatic carboxylic acids is 1. The van der Waals surface area contributed by atoms with Crippen LogP contribution in [-0.4, -0.2) is 40.6 Å². The van der Waals surface area contributed by atoms with Crippen molar-refractivity contribution >= 4 is 29.4 Å². The number of nitrogens with one attached hydrogen (secondary N) is 1. The van der Waals surface area contributed by atoms with Gasteiger partial charge in [-0.25, -0.2) is 0 Å². The van der Waals surface area contributed by atoms with E-state index in [1.54, 1.807) is 13.8 Å². The topological polar surface area (TPSA) is 127 Å². The molecular formula is C46H65NO7. The number of ether oxygens (including phenoxy) is 1. The Bertz CT molecular complexity index is 1770. The van der Waals surface area contributed by atoms with Crippen LogP contribution < -0.4 is 5.32 Å². The van der Waals surface area contributed by atoms with Gasteiger partial charge < -0.3 is 15.2 Å². The number of hydrogen-bond donors (Lipinski definition) is 2. The van der Waals surface area contributed by atoms with Crippen molar-refractivity contribution in [2.75, 3.05) is 0 Å². The number of benzene rings is 1. The van der Waals surface area contributed by atoms with Crippen molar-refractivity contribution in [2.45, 2.75) is 152 Å². The molecule has 54 heavy (non-hydrogen) atoms. The van der Waals surface area contributed by atoms with E-state index in [0.717, 1.165) is 61.7 Å². The number of rotatable bonds is 9. The van der Waals surface area contributed by atoms with E-state index >= 15 is 0 Å². The minimum Gasteiger partial charge on any atom is -0.481 e. The maximum Gasteiger partial charge on any atom is 0.309 e. The molecule has 4 fully saturated rings. The van der Waals surface area contributed by atoms with Crippen molar-refractivity contribution in [3.05, 3.63) is 47.0 Å². The number of allylic oxidation sites excluding steroid dienone is 2. The molecule has 8 nitrogen and oxygen atoms in total. The first kappa shape index (κ1) is 40.4. The van der Waals surface area contributed by atoms with Crippen molar-refractivity contribution in [3.8, 4) is 0 Å². The van der Waals surface area contributed by atoms with E-state index < -0.39 is 40.0 Å². The number of ketones is 2. The quantitative estimate of drug-likeness (QED) is 0.191. The lowest BCUT2D eigenvalue weighted by molar-refractivity contribution is -0.233. The largest absolute Gasteiger partial charge is 0.481 e. The molecular weight excluding hydrogens is 679 g/mol. The number of fused-ring (bicyclic) bond motifs is 7. The Labute approximate surface area is 323 Å². The highest BCUT2D eigenvalue weighted by atomic mass is 16.5. The van der Waals surface area contributed by atoms with Gasteiger partial charge in [0.15, 0.2) is 5.78 Å². The molecule has 1 amide bonds. The van der Waals surface area contributed by atoms with E-state index in [1.165, 1.54) is 0 Å². The Balaban J connectivity index is 1.30. The first-order valence-corrected chi connectivity index (χ1v) is 20.5. The van der Waals surface area contributed by atoms with Gasteiger partial charge in [-0.15, -0.1) is 0 Å². The van der Waals surface area contributed by atoms with E-state index in [-0.39, 0.29) is 58.2 Å². The zero-order valence-electron chi connectivity index (χ0n) is 34.7. The highest BCUT2D eigenvalue weighted by molar-refractivity contribution is 6.40. The Hall–Kier alpha value is -3.29. The molecule has 0 heterocycles. The van der Waals surface area contributed by atoms with Gasteiger partial charge in [-0.2, -0.15) is 0 Å². The number of hydrogen-bond acceptors (Lipinski definition) is 6. The predicted octanol–water partition coefficient (Wildman–Crippen LogP) is 9.00. The molecule has 0 unspecified atom stereocenters. The van der Waals surface area contributed by atoms with Gasteiger partial charge in [-0.1, -0.05) is 78.8 Å². The second kappa shape index (κ2) is 13.1. The summed E-state index contributed by atoms with van der Waals surface area (Å²) < 4.78 is 6.15. The van der Waals surface area contributed by atoms with Gasteiger partial charge in [0.1, 0.15) is 6.10 Å². The highest BCUT2D eigenvalue weighted by Gasteiger charge is 2.71. The summed E-state index contributed by atoms with van der Waals surface area (Å²) in [6.07, 6.45) is 6.36. The van der Waals surface area contributed by atoms with E-state index in [9.17, 15) is 29.1 Å². The molecule has 8 heteroatoms. The van der Waals surface area contributed by atoms with Gasteiger partial charge in [-0.05, 0) is 136 Å². The van der Waals surface area contributed by atoms with Crippen LogP contribution in [0.5, 0.6) is 0 Å². The SMILES string of the molecule is CC(C)C1=C2[C@H]3CC[C@@H]4[C@@]5(C)CC[C@H](OC(=O)CC(C)(C)C(=O)O)C(C)(C)[C@@H]5CC[C@@]4(C)[C@]3(C)CC[C@@]2(C(=O)C(=O)NC(C)(C)c2ccccc2)CC1=O. The third kappa shape index (κ3) is 5.93. The molecule has 4 saturated carbocycles. The van der Waals surface area contributed by atoms with Crippen LogP contribution in [0.3, 0.4) is 0 Å². The number of carboxylic acid groups (broad SMARTS) is 1. The monoisotopic (exact) mass is 743 g/mol. The predicted molar refractivity (Wildman–Crippen MR) is 208 cm³/mol. The first-order chi connectivity index (χ1) is 24.9. The normalized spacial score (nSPS) is 36.0. The van der Waals surface area contributed by atoms with Gasteiger partial charge in [-0.3, -0.25) is 24.0 Å². The summed E-state index contributed by atoms with van der Waals surface area (Å²) in [6, 6.07) is 9.68. The average Bonchev–Trinajstić information content (AvgIpc) is 3.39. The van der Waals surface area contributed by atoms with Crippen LogP contribution in [0.4, 0.5) is 0 Å². The lowest BCUT2D eigenvalue weighted by Crippen LogP contribution is -2.66. The number of amides is 1. The summed E-state index contributed by atoms with van der Waals surface area (Å²) in [5.41, 5.74) is -0.951. The summed E-state index contributed by atoms with van der Waals surface area (Å²) in [6.45, 7) is 22.9. The van der Waals surface area contributed by atoms with Gasteiger partial charge in [0, 0.05) is 11.8 Å². The lowest BCUT2D eigenvalue weighted by Gasteiger charge is -2.72. The standard InChI is InChI=1S/C46H65NO7/c1-27(2)35-30(48)25-46(37(50)38(51)47-42(7,8)28-15-13-12-14-16-28)24-23-44(10)29(36(35)46)17-18-32-43(9)21-20-33(54-34(49)26-40(3,4)39(52)53)41(5,6)31(43)19-22-45(32,44)11/h12-16,27,29,31-33H,17-26H2,1-11H3,(H,47,51)(H,52,53)/t29-,31+,32-,33+,43+,44-,45-,46-/m1/s1. The van der Waals surface area contributed by atoms with E-state index in [2.05, 4.69) is 53.8 Å². The molecule has 8 atom stereocenters. The summed E-state index contributed by atoms with van der Waals surface area (Å²) in [5, 5.41) is 12.7. The van der Waals surface area contributed by atoms with Gasteiger partial charge in [0.25, 0.3) is 5.91 Å². The fourth-order valence-electron chi connectivity index (χ4n) is 13.2. The maximum atomic E-state index is 14.7. The van der Waals surface area contributed by atoms with Crippen molar-refractivity contribution < 1.29 is 33.8 Å². The Morgan fingerprint density at radius 1 is 0.852 bits per heavy atom. The molecule has 296 valence electrons. The molecule has 6 rings (SSSR count). The highest BCUT2D eigenvalue weighted by Crippen LogP contribution is 2.76. The Morgan fingerprint density at radius 3 is 2.11 bits per heavy atom. The van der Waals surface area contributed by atoms with Crippen LogP contribution >= 0.6 is 0 Å². The summed E-state index contributed by atoms with van der Waals surface area (Å²) in [7, 11) is 0. The van der Waals surface area contributed by atoms with Crippen LogP contribution in [0.1, 0.15) is 146 Å².